The quantitative estimate of drug-likeness (QED) is 0.573. The fraction of sp³-hybridized carbons (Fsp3) is 0.684. The van der Waals surface area contributed by atoms with Crippen LogP contribution in [0.4, 0.5) is 30.7 Å². The van der Waals surface area contributed by atoms with Gasteiger partial charge in [0.15, 0.2) is 6.10 Å². The average Bonchev–Trinajstić information content (AvgIpc) is 2.60. The summed E-state index contributed by atoms with van der Waals surface area (Å²) in [7, 11) is 0. The molecule has 166 valence electrons. The molecule has 0 heterocycles. The smallest absolute Gasteiger partial charge is 0.428 e. The van der Waals surface area contributed by atoms with Crippen LogP contribution in [0.25, 0.3) is 0 Å². The minimum Gasteiger partial charge on any atom is -0.428 e. The second-order valence-corrected chi connectivity index (χ2v) is 7.51. The van der Waals surface area contributed by atoms with Crippen molar-refractivity contribution in [1.82, 2.24) is 4.90 Å². The van der Waals surface area contributed by atoms with E-state index < -0.39 is 37.1 Å². The summed E-state index contributed by atoms with van der Waals surface area (Å²) in [5.41, 5.74) is 0.320. The molecule has 1 N–H and O–H groups in total. The van der Waals surface area contributed by atoms with Crippen LogP contribution in [0, 0.1) is 5.92 Å². The van der Waals surface area contributed by atoms with Crippen LogP contribution in [0.1, 0.15) is 38.2 Å². The molecule has 1 unspecified atom stereocenters. The molecule has 1 aliphatic rings. The van der Waals surface area contributed by atoms with Crippen LogP contribution < -0.4 is 4.74 Å². The van der Waals surface area contributed by atoms with Crippen LogP contribution in [0.2, 0.25) is 0 Å². The van der Waals surface area contributed by atoms with Crippen LogP contribution in [0.5, 0.6) is 5.75 Å². The van der Waals surface area contributed by atoms with Crippen molar-refractivity contribution in [2.45, 2.75) is 70.0 Å². The molecule has 1 aromatic rings. The van der Waals surface area contributed by atoms with E-state index in [2.05, 4.69) is 11.7 Å². The van der Waals surface area contributed by atoms with Gasteiger partial charge in [-0.3, -0.25) is 4.90 Å². The molecule has 0 aliphatic heterocycles. The van der Waals surface area contributed by atoms with Gasteiger partial charge in [-0.1, -0.05) is 19.1 Å². The lowest BCUT2D eigenvalue weighted by atomic mass is 9.86. The Morgan fingerprint density at radius 3 is 2.28 bits per heavy atom. The highest BCUT2D eigenvalue weighted by Crippen LogP contribution is 2.31. The minimum absolute atomic E-state index is 0.0658. The van der Waals surface area contributed by atoms with Crippen LogP contribution in [-0.2, 0) is 6.54 Å². The highest BCUT2D eigenvalue weighted by Gasteiger charge is 2.44. The van der Waals surface area contributed by atoms with E-state index in [1.54, 1.807) is 0 Å². The minimum atomic E-state index is -4.79. The Kier molecular flexibility index (Phi) is 7.78. The lowest BCUT2D eigenvalue weighted by molar-refractivity contribution is -0.253. The van der Waals surface area contributed by atoms with Crippen molar-refractivity contribution in [3.63, 3.8) is 0 Å². The number of benzene rings is 1. The average molecular weight is 431 g/mol. The SMILES string of the molecule is CC1CCC(N(Cc2cccc(OC(F)(F)C(F)F)c2)CC(O)C(F)(F)F)CC1. The Morgan fingerprint density at radius 2 is 1.72 bits per heavy atom. The van der Waals surface area contributed by atoms with Gasteiger partial charge >= 0.3 is 18.7 Å². The van der Waals surface area contributed by atoms with E-state index in [4.69, 9.17) is 0 Å². The maximum atomic E-state index is 13.1. The molecule has 1 saturated carbocycles. The molecule has 1 fully saturated rings. The first-order valence-corrected chi connectivity index (χ1v) is 9.31. The lowest BCUT2D eigenvalue weighted by Gasteiger charge is -2.37. The van der Waals surface area contributed by atoms with E-state index in [9.17, 15) is 35.8 Å². The molecule has 1 atom stereocenters. The van der Waals surface area contributed by atoms with E-state index in [1.807, 2.05) is 0 Å². The molecule has 2 rings (SSSR count). The monoisotopic (exact) mass is 431 g/mol. The van der Waals surface area contributed by atoms with Crippen molar-refractivity contribution >= 4 is 0 Å². The number of ether oxygens (including phenoxy) is 1. The van der Waals surface area contributed by atoms with Gasteiger partial charge in [0.25, 0.3) is 0 Å². The summed E-state index contributed by atoms with van der Waals surface area (Å²) in [5.74, 6) is -0.0599. The summed E-state index contributed by atoms with van der Waals surface area (Å²) in [6.07, 6.45) is -13.1. The summed E-state index contributed by atoms with van der Waals surface area (Å²) in [6.45, 7) is 1.32. The molecule has 29 heavy (non-hydrogen) atoms. The van der Waals surface area contributed by atoms with Gasteiger partial charge in [0.2, 0.25) is 0 Å². The molecular formula is C19H24F7NO2. The van der Waals surface area contributed by atoms with Crippen molar-refractivity contribution < 1.29 is 40.6 Å². The third-order valence-corrected chi connectivity index (χ3v) is 5.08. The topological polar surface area (TPSA) is 32.7 Å². The highest BCUT2D eigenvalue weighted by atomic mass is 19.4. The van der Waals surface area contributed by atoms with Gasteiger partial charge in [0, 0.05) is 19.1 Å². The van der Waals surface area contributed by atoms with Crippen LogP contribution in [-0.4, -0.2) is 47.4 Å². The summed E-state index contributed by atoms with van der Waals surface area (Å²) in [5, 5.41) is 9.51. The Balaban J connectivity index is 2.16. The molecule has 0 spiro atoms. The number of hydrogen-bond donors (Lipinski definition) is 1. The predicted molar refractivity (Wildman–Crippen MR) is 91.9 cm³/mol. The largest absolute Gasteiger partial charge is 0.461 e. The molecule has 0 amide bonds. The molecule has 0 bridgehead atoms. The first kappa shape index (κ1) is 23.7. The number of hydrogen-bond acceptors (Lipinski definition) is 3. The van der Waals surface area contributed by atoms with Gasteiger partial charge < -0.3 is 9.84 Å². The molecule has 0 radical (unpaired) electrons. The van der Waals surface area contributed by atoms with Crippen LogP contribution in [0.15, 0.2) is 24.3 Å². The summed E-state index contributed by atoms with van der Waals surface area (Å²) >= 11 is 0. The Morgan fingerprint density at radius 1 is 1.10 bits per heavy atom. The fourth-order valence-corrected chi connectivity index (χ4v) is 3.42. The van der Waals surface area contributed by atoms with Gasteiger partial charge in [-0.15, -0.1) is 0 Å². The zero-order chi connectivity index (χ0) is 21.8. The second-order valence-electron chi connectivity index (χ2n) is 7.51. The number of halogens is 7. The molecule has 1 aromatic carbocycles. The van der Waals surface area contributed by atoms with Gasteiger partial charge in [-0.05, 0) is 49.3 Å². The number of alkyl halides is 7. The fourth-order valence-electron chi connectivity index (χ4n) is 3.42. The Labute approximate surface area is 164 Å². The molecular weight excluding hydrogens is 407 g/mol. The highest BCUT2D eigenvalue weighted by molar-refractivity contribution is 5.29. The summed E-state index contributed by atoms with van der Waals surface area (Å²) in [6, 6.07) is 4.72. The van der Waals surface area contributed by atoms with Gasteiger partial charge in [-0.25, -0.2) is 0 Å². The first-order chi connectivity index (χ1) is 13.4. The van der Waals surface area contributed by atoms with Gasteiger partial charge in [-0.2, -0.15) is 30.7 Å². The van der Waals surface area contributed by atoms with E-state index in [1.165, 1.54) is 17.0 Å². The number of aliphatic hydroxyl groups excluding tert-OH is 1. The number of nitrogens with zero attached hydrogens (tertiary/aromatic N) is 1. The number of rotatable bonds is 8. The van der Waals surface area contributed by atoms with Crippen molar-refractivity contribution in [1.29, 1.82) is 0 Å². The standard InChI is InChI=1S/C19H24F7NO2/c1-12-5-7-14(8-6-12)27(11-16(28)18(22,23)24)10-13-3-2-4-15(9-13)29-19(25,26)17(20)21/h2-4,9,12,14,16-17,28H,5-8,10-11H2,1H3. The van der Waals surface area contributed by atoms with Gasteiger partial charge in [0.1, 0.15) is 5.75 Å². The first-order valence-electron chi connectivity index (χ1n) is 9.31. The maximum absolute atomic E-state index is 13.1. The zero-order valence-corrected chi connectivity index (χ0v) is 15.8. The molecule has 0 saturated heterocycles. The van der Waals surface area contributed by atoms with Crippen molar-refractivity contribution in [2.24, 2.45) is 5.92 Å². The third-order valence-electron chi connectivity index (χ3n) is 5.08. The van der Waals surface area contributed by atoms with E-state index in [0.717, 1.165) is 25.0 Å². The van der Waals surface area contributed by atoms with Crippen LogP contribution >= 0.6 is 0 Å². The molecule has 1 aliphatic carbocycles. The molecule has 3 nitrogen and oxygen atoms in total. The van der Waals surface area contributed by atoms with E-state index in [0.29, 0.717) is 24.3 Å². The van der Waals surface area contributed by atoms with E-state index >= 15 is 0 Å². The normalized spacial score (nSPS) is 22.2. The van der Waals surface area contributed by atoms with Crippen molar-refractivity contribution in [2.75, 3.05) is 6.54 Å². The van der Waals surface area contributed by atoms with Crippen molar-refractivity contribution in [3.8, 4) is 5.75 Å². The predicted octanol–water partition coefficient (Wildman–Crippen LogP) is 5.23. The second kappa shape index (κ2) is 9.51. The lowest BCUT2D eigenvalue weighted by Crippen LogP contribution is -2.46. The maximum Gasteiger partial charge on any atom is 0.461 e. The summed E-state index contributed by atoms with van der Waals surface area (Å²) in [4.78, 5) is 1.47. The number of aliphatic hydroxyl groups is 1. The molecule has 10 heteroatoms. The Bertz CT molecular complexity index is 646. The van der Waals surface area contributed by atoms with Crippen LogP contribution in [0.3, 0.4) is 0 Å². The zero-order valence-electron chi connectivity index (χ0n) is 15.8. The third kappa shape index (κ3) is 7.02. The Hall–Kier alpha value is -1.55. The van der Waals surface area contributed by atoms with Gasteiger partial charge in [0.05, 0.1) is 0 Å². The van der Waals surface area contributed by atoms with Crippen molar-refractivity contribution in [3.05, 3.63) is 29.8 Å². The van der Waals surface area contributed by atoms with E-state index in [-0.39, 0.29) is 12.6 Å². The summed E-state index contributed by atoms with van der Waals surface area (Å²) < 4.78 is 93.5. The molecule has 0 aromatic heterocycles.